The first-order valence-corrected chi connectivity index (χ1v) is 24.1. The van der Waals surface area contributed by atoms with Crippen molar-refractivity contribution in [2.45, 2.75) is 265 Å². The van der Waals surface area contributed by atoms with Gasteiger partial charge in [0.05, 0.1) is 12.7 Å². The molecule has 0 saturated carbocycles. The smallest absolute Gasteiger partial charge is 0.305 e. The van der Waals surface area contributed by atoms with Crippen LogP contribution in [0.15, 0.2) is 0 Å². The summed E-state index contributed by atoms with van der Waals surface area (Å²) in [6.45, 7) is 15.4. The molecule has 0 spiro atoms. The number of hydrogen-bond acceptors (Lipinski definition) is 5. The first-order chi connectivity index (χ1) is 25.9. The lowest BCUT2D eigenvalue weighted by atomic mass is 9.96. The van der Waals surface area contributed by atoms with Crippen LogP contribution in [0.25, 0.3) is 0 Å². The molecule has 0 aliphatic carbocycles. The molecule has 0 saturated heterocycles. The Labute approximate surface area is 334 Å². The molecule has 320 valence electrons. The molecular formula is C48H99NO4. The Balaban J connectivity index is 0. The summed E-state index contributed by atoms with van der Waals surface area (Å²) in [4.78, 5) is 14.5. The lowest BCUT2D eigenvalue weighted by molar-refractivity contribution is -0.143. The zero-order valence-corrected chi connectivity index (χ0v) is 37.1. The van der Waals surface area contributed by atoms with Gasteiger partial charge in [0, 0.05) is 13.0 Å². The molecule has 5 heteroatoms. The summed E-state index contributed by atoms with van der Waals surface area (Å²) in [5.41, 5.74) is 0. The van der Waals surface area contributed by atoms with E-state index in [4.69, 9.17) is 9.84 Å². The van der Waals surface area contributed by atoms with Gasteiger partial charge in [-0.25, -0.2) is 0 Å². The van der Waals surface area contributed by atoms with Crippen molar-refractivity contribution in [2.24, 2.45) is 5.92 Å². The van der Waals surface area contributed by atoms with Crippen LogP contribution >= 0.6 is 0 Å². The van der Waals surface area contributed by atoms with E-state index in [-0.39, 0.29) is 12.1 Å². The Morgan fingerprint density at radius 1 is 0.472 bits per heavy atom. The van der Waals surface area contributed by atoms with E-state index in [9.17, 15) is 9.90 Å². The van der Waals surface area contributed by atoms with Crippen molar-refractivity contribution in [3.8, 4) is 0 Å². The summed E-state index contributed by atoms with van der Waals surface area (Å²) in [6.07, 6.45) is 44.2. The van der Waals surface area contributed by atoms with Crippen LogP contribution < -0.4 is 0 Å². The monoisotopic (exact) mass is 754 g/mol. The molecule has 0 amide bonds. The Morgan fingerprint density at radius 3 is 1.26 bits per heavy atom. The van der Waals surface area contributed by atoms with Crippen LogP contribution in [-0.2, 0) is 9.53 Å². The number of esters is 1. The number of ether oxygens (including phenoxy) is 1. The second-order valence-electron chi connectivity index (χ2n) is 16.8. The molecule has 53 heavy (non-hydrogen) atoms. The van der Waals surface area contributed by atoms with Crippen LogP contribution in [0.4, 0.5) is 0 Å². The first-order valence-electron chi connectivity index (χ1n) is 24.1. The molecule has 2 N–H and O–H groups in total. The number of nitrogens with zero attached hydrogens (tertiary/aromatic N) is 1. The summed E-state index contributed by atoms with van der Waals surface area (Å²) < 4.78 is 5.38. The van der Waals surface area contributed by atoms with E-state index in [2.05, 4.69) is 32.6 Å². The van der Waals surface area contributed by atoms with Crippen LogP contribution in [0.2, 0.25) is 0 Å². The van der Waals surface area contributed by atoms with E-state index in [1.165, 1.54) is 173 Å². The van der Waals surface area contributed by atoms with Gasteiger partial charge in [-0.05, 0) is 77.4 Å². The number of aliphatic hydroxyl groups excluding tert-OH is 2. The van der Waals surface area contributed by atoms with Crippen LogP contribution in [0.3, 0.4) is 0 Å². The van der Waals surface area contributed by atoms with Gasteiger partial charge in [-0.3, -0.25) is 4.79 Å². The van der Waals surface area contributed by atoms with Crippen molar-refractivity contribution in [1.29, 1.82) is 0 Å². The third-order valence-electron chi connectivity index (χ3n) is 10.9. The minimum absolute atomic E-state index is 0.0167. The average Bonchev–Trinajstić information content (AvgIpc) is 3.14. The number of aliphatic hydroxyl groups is 2. The highest BCUT2D eigenvalue weighted by Gasteiger charge is 2.07. The molecule has 1 atom stereocenters. The van der Waals surface area contributed by atoms with E-state index < -0.39 is 0 Å². The van der Waals surface area contributed by atoms with Crippen molar-refractivity contribution < 1.29 is 19.7 Å². The minimum Gasteiger partial charge on any atom is -0.466 e. The number of carbonyl (C=O) groups is 1. The van der Waals surface area contributed by atoms with Crippen molar-refractivity contribution in [3.63, 3.8) is 0 Å². The quantitative estimate of drug-likeness (QED) is 0.0480. The normalized spacial score (nSPS) is 12.0. The summed E-state index contributed by atoms with van der Waals surface area (Å²) in [5.74, 6) is 0.958. The molecule has 0 heterocycles. The van der Waals surface area contributed by atoms with Crippen molar-refractivity contribution in [2.75, 3.05) is 32.8 Å². The highest BCUT2D eigenvalue weighted by molar-refractivity contribution is 5.69. The van der Waals surface area contributed by atoms with E-state index in [1.54, 1.807) is 0 Å². The molecule has 0 aliphatic rings. The number of hydrogen-bond donors (Lipinski definition) is 2. The first kappa shape index (κ1) is 54.5. The molecule has 0 rings (SSSR count). The van der Waals surface area contributed by atoms with E-state index >= 15 is 0 Å². The number of unbranched alkanes of at least 4 members (excludes halogenated alkanes) is 25. The molecule has 0 aromatic rings. The Hall–Kier alpha value is -0.650. The third-order valence-corrected chi connectivity index (χ3v) is 10.9. The molecule has 0 aliphatic heterocycles. The van der Waals surface area contributed by atoms with Crippen molar-refractivity contribution in [3.05, 3.63) is 0 Å². The van der Waals surface area contributed by atoms with Gasteiger partial charge >= 0.3 is 5.97 Å². The van der Waals surface area contributed by atoms with Gasteiger partial charge < -0.3 is 19.8 Å². The highest BCUT2D eigenvalue weighted by atomic mass is 16.5. The maximum absolute atomic E-state index is 11.9. The Morgan fingerprint density at radius 2 is 0.830 bits per heavy atom. The summed E-state index contributed by atoms with van der Waals surface area (Å²) in [5, 5.41) is 18.4. The zero-order valence-electron chi connectivity index (χ0n) is 37.1. The molecule has 0 radical (unpaired) electrons. The van der Waals surface area contributed by atoms with Gasteiger partial charge in [0.1, 0.15) is 0 Å². The van der Waals surface area contributed by atoms with E-state index in [0.717, 1.165) is 70.5 Å². The number of rotatable bonds is 42. The maximum Gasteiger partial charge on any atom is 0.305 e. The third kappa shape index (κ3) is 49.3. The second kappa shape index (κ2) is 47.5. The molecule has 0 bridgehead atoms. The standard InChI is InChI=1S/C30H61NO4.C18H38/c1-3-4-5-6-7-14-21-28-35-30(34)23-16-11-9-13-18-25-31(26-19-20-27-32)24-17-12-8-10-15-22-29(2)33;1-4-6-8-10-12-14-16-18(3)17-15-13-11-9-7-5-2/h29,32-33H,3-28H2,1-2H3;18H,4-17H2,1-3H3. The topological polar surface area (TPSA) is 70.0 Å². The molecule has 5 nitrogen and oxygen atoms in total. The fourth-order valence-corrected chi connectivity index (χ4v) is 7.23. The van der Waals surface area contributed by atoms with Crippen LogP contribution in [-0.4, -0.2) is 60.0 Å². The number of carbonyl (C=O) groups excluding carboxylic acids is 1. The van der Waals surface area contributed by atoms with Gasteiger partial charge in [0.15, 0.2) is 0 Å². The van der Waals surface area contributed by atoms with Crippen LogP contribution in [0.1, 0.15) is 259 Å². The predicted molar refractivity (Wildman–Crippen MR) is 234 cm³/mol. The van der Waals surface area contributed by atoms with E-state index in [1.807, 2.05) is 6.92 Å². The molecule has 0 aromatic carbocycles. The van der Waals surface area contributed by atoms with Crippen molar-refractivity contribution in [1.82, 2.24) is 4.90 Å². The fourth-order valence-electron chi connectivity index (χ4n) is 7.23. The van der Waals surface area contributed by atoms with Gasteiger partial charge in [0.2, 0.25) is 0 Å². The highest BCUT2D eigenvalue weighted by Crippen LogP contribution is 2.18. The van der Waals surface area contributed by atoms with Crippen LogP contribution in [0, 0.1) is 5.92 Å². The van der Waals surface area contributed by atoms with Crippen molar-refractivity contribution >= 4 is 5.97 Å². The van der Waals surface area contributed by atoms with E-state index in [0.29, 0.717) is 19.6 Å². The molecule has 0 fully saturated rings. The molecule has 0 aromatic heterocycles. The maximum atomic E-state index is 11.9. The lowest BCUT2D eigenvalue weighted by Crippen LogP contribution is -2.27. The predicted octanol–water partition coefficient (Wildman–Crippen LogP) is 14.5. The average molecular weight is 754 g/mol. The molecular weight excluding hydrogens is 655 g/mol. The van der Waals surface area contributed by atoms with Gasteiger partial charge in [-0.1, -0.05) is 201 Å². The van der Waals surface area contributed by atoms with Gasteiger partial charge in [-0.2, -0.15) is 0 Å². The minimum atomic E-state index is -0.162. The van der Waals surface area contributed by atoms with Gasteiger partial charge in [0.25, 0.3) is 0 Å². The zero-order chi connectivity index (χ0) is 39.3. The largest absolute Gasteiger partial charge is 0.466 e. The summed E-state index contributed by atoms with van der Waals surface area (Å²) in [7, 11) is 0. The second-order valence-corrected chi connectivity index (χ2v) is 16.8. The lowest BCUT2D eigenvalue weighted by Gasteiger charge is -2.22. The Bertz CT molecular complexity index is 656. The fraction of sp³-hybridized carbons (Fsp3) is 0.979. The SMILES string of the molecule is CCCCCCCCC(C)CCCCCCCC.CCCCCCCCCOC(=O)CCCCCCCN(CCCCO)CCCCCCCC(C)O. The summed E-state index contributed by atoms with van der Waals surface area (Å²) >= 11 is 0. The summed E-state index contributed by atoms with van der Waals surface area (Å²) in [6, 6.07) is 0. The van der Waals surface area contributed by atoms with Crippen LogP contribution in [0.5, 0.6) is 0 Å². The van der Waals surface area contributed by atoms with Gasteiger partial charge in [-0.15, -0.1) is 0 Å². The molecule has 1 unspecified atom stereocenters. The Kier molecular flexibility index (Phi) is 48.8.